The highest BCUT2D eigenvalue weighted by Crippen LogP contribution is 2.51. The summed E-state index contributed by atoms with van der Waals surface area (Å²) >= 11 is 0. The molecule has 0 saturated carbocycles. The molecular formula is C24H20N2O5. The Hall–Kier alpha value is -3.87. The summed E-state index contributed by atoms with van der Waals surface area (Å²) in [6.45, 7) is 0.211. The lowest BCUT2D eigenvalue weighted by Crippen LogP contribution is -2.33. The van der Waals surface area contributed by atoms with Crippen LogP contribution in [-0.4, -0.2) is 29.7 Å². The largest absolute Gasteiger partial charge is 0.507 e. The first-order chi connectivity index (χ1) is 15.2. The number of hydrazone groups is 1. The number of para-hydroxylation sites is 2. The molecule has 7 nitrogen and oxygen atoms in total. The van der Waals surface area contributed by atoms with Crippen LogP contribution in [-0.2, 0) is 0 Å². The van der Waals surface area contributed by atoms with Crippen molar-refractivity contribution in [1.29, 1.82) is 0 Å². The maximum Gasteiger partial charge on any atom is 0.231 e. The maximum atomic E-state index is 10.4. The molecule has 0 fully saturated rings. The zero-order chi connectivity index (χ0) is 20.9. The molecule has 0 aliphatic carbocycles. The van der Waals surface area contributed by atoms with Crippen molar-refractivity contribution in [3.63, 3.8) is 0 Å². The first-order valence-corrected chi connectivity index (χ1v) is 10.1. The normalized spacial score (nSPS) is 20.5. The summed E-state index contributed by atoms with van der Waals surface area (Å²) < 4.78 is 23.1. The van der Waals surface area contributed by atoms with Crippen LogP contribution in [0.15, 0.2) is 65.8 Å². The molecule has 2 atom stereocenters. The highest BCUT2D eigenvalue weighted by Gasteiger charge is 2.42. The Morgan fingerprint density at radius 2 is 1.90 bits per heavy atom. The first-order valence-electron chi connectivity index (χ1n) is 10.1. The SMILES string of the molecule is COc1cccc2c1O[C@H](c1ccc3c(c1)OCO3)N1N=C(c3ccccc3O)C[C@H]21. The molecule has 31 heavy (non-hydrogen) atoms. The Labute approximate surface area is 179 Å². The van der Waals surface area contributed by atoms with Gasteiger partial charge in [0.15, 0.2) is 23.0 Å². The van der Waals surface area contributed by atoms with Gasteiger partial charge in [-0.1, -0.05) is 24.3 Å². The van der Waals surface area contributed by atoms with Crippen LogP contribution in [0.1, 0.15) is 35.4 Å². The smallest absolute Gasteiger partial charge is 0.231 e. The van der Waals surface area contributed by atoms with Gasteiger partial charge in [0.2, 0.25) is 13.0 Å². The number of phenols is 1. The van der Waals surface area contributed by atoms with Gasteiger partial charge in [0.1, 0.15) is 5.75 Å². The third-order valence-electron chi connectivity index (χ3n) is 5.90. The lowest BCUT2D eigenvalue weighted by Gasteiger charge is -2.38. The molecule has 3 heterocycles. The van der Waals surface area contributed by atoms with E-state index >= 15 is 0 Å². The molecule has 0 radical (unpaired) electrons. The van der Waals surface area contributed by atoms with Crippen molar-refractivity contribution in [3.8, 4) is 28.7 Å². The van der Waals surface area contributed by atoms with E-state index in [-0.39, 0.29) is 18.6 Å². The minimum absolute atomic E-state index is 0.0520. The minimum atomic E-state index is -0.480. The third-order valence-corrected chi connectivity index (χ3v) is 5.90. The number of nitrogens with zero attached hydrogens (tertiary/aromatic N) is 2. The summed E-state index contributed by atoms with van der Waals surface area (Å²) in [4.78, 5) is 0. The van der Waals surface area contributed by atoms with Crippen LogP contribution in [0.5, 0.6) is 28.7 Å². The van der Waals surface area contributed by atoms with Gasteiger partial charge in [-0.15, -0.1) is 0 Å². The predicted molar refractivity (Wildman–Crippen MR) is 113 cm³/mol. The van der Waals surface area contributed by atoms with Crippen LogP contribution >= 0.6 is 0 Å². The van der Waals surface area contributed by atoms with E-state index in [1.807, 2.05) is 53.5 Å². The average Bonchev–Trinajstić information content (AvgIpc) is 3.45. The fourth-order valence-electron chi connectivity index (χ4n) is 4.41. The van der Waals surface area contributed by atoms with Crippen molar-refractivity contribution < 1.29 is 24.1 Å². The lowest BCUT2D eigenvalue weighted by molar-refractivity contribution is -0.0209. The van der Waals surface area contributed by atoms with E-state index in [0.29, 0.717) is 29.4 Å². The molecule has 156 valence electrons. The van der Waals surface area contributed by atoms with Gasteiger partial charge in [0, 0.05) is 23.1 Å². The van der Waals surface area contributed by atoms with E-state index in [4.69, 9.17) is 24.0 Å². The van der Waals surface area contributed by atoms with Crippen LogP contribution in [0.2, 0.25) is 0 Å². The highest BCUT2D eigenvalue weighted by molar-refractivity contribution is 6.04. The van der Waals surface area contributed by atoms with Crippen molar-refractivity contribution >= 4 is 5.71 Å². The summed E-state index contributed by atoms with van der Waals surface area (Å²) in [6.07, 6.45) is 0.161. The molecule has 7 heteroatoms. The summed E-state index contributed by atoms with van der Waals surface area (Å²) in [6, 6.07) is 18.9. The molecule has 6 rings (SSSR count). The zero-order valence-electron chi connectivity index (χ0n) is 16.8. The Kier molecular flexibility index (Phi) is 3.96. The molecule has 0 amide bonds. The summed E-state index contributed by atoms with van der Waals surface area (Å²) in [5.41, 5.74) is 3.44. The molecular weight excluding hydrogens is 396 g/mol. The van der Waals surface area contributed by atoms with Gasteiger partial charge in [0.05, 0.1) is 18.9 Å². The molecule has 0 unspecified atom stereocenters. The molecule has 1 N–H and O–H groups in total. The van der Waals surface area contributed by atoms with Crippen LogP contribution in [0.3, 0.4) is 0 Å². The molecule has 0 saturated heterocycles. The Morgan fingerprint density at radius 3 is 2.77 bits per heavy atom. The van der Waals surface area contributed by atoms with Crippen LogP contribution in [0.25, 0.3) is 0 Å². The van der Waals surface area contributed by atoms with Gasteiger partial charge in [-0.05, 0) is 36.4 Å². The van der Waals surface area contributed by atoms with Crippen molar-refractivity contribution in [2.45, 2.75) is 18.7 Å². The first kappa shape index (κ1) is 17.9. The second-order valence-corrected chi connectivity index (χ2v) is 7.63. The number of benzene rings is 3. The number of fused-ring (bicyclic) bond motifs is 4. The second-order valence-electron chi connectivity index (χ2n) is 7.63. The minimum Gasteiger partial charge on any atom is -0.507 e. The number of hydrogen-bond donors (Lipinski definition) is 1. The Bertz CT molecular complexity index is 1210. The van der Waals surface area contributed by atoms with Gasteiger partial charge in [0.25, 0.3) is 0 Å². The van der Waals surface area contributed by atoms with Gasteiger partial charge in [-0.25, -0.2) is 5.01 Å². The van der Waals surface area contributed by atoms with Gasteiger partial charge >= 0.3 is 0 Å². The lowest BCUT2D eigenvalue weighted by atomic mass is 9.95. The molecule has 0 bridgehead atoms. The Balaban J connectivity index is 1.48. The second kappa shape index (κ2) is 6.84. The van der Waals surface area contributed by atoms with Gasteiger partial charge < -0.3 is 24.1 Å². The molecule has 3 aliphatic heterocycles. The number of rotatable bonds is 3. The predicted octanol–water partition coefficient (Wildman–Crippen LogP) is 4.37. The van der Waals surface area contributed by atoms with Crippen molar-refractivity contribution in [3.05, 3.63) is 77.4 Å². The molecule has 3 aromatic rings. The maximum absolute atomic E-state index is 10.4. The average molecular weight is 416 g/mol. The Morgan fingerprint density at radius 1 is 1.03 bits per heavy atom. The molecule has 3 aliphatic rings. The standard InChI is InChI=1S/C24H20N2O5/c1-28-21-8-4-6-16-18-12-17(15-5-2-3-7-19(15)27)25-26(18)24(31-23(16)21)14-9-10-20-22(11-14)30-13-29-20/h2-11,18,24,27H,12-13H2,1H3/t18-,24-/m1/s1. The van der Waals surface area contributed by atoms with Crippen molar-refractivity contribution in [2.75, 3.05) is 13.9 Å². The van der Waals surface area contributed by atoms with Gasteiger partial charge in [-0.3, -0.25) is 0 Å². The topological polar surface area (TPSA) is 72.8 Å². The van der Waals surface area contributed by atoms with Crippen molar-refractivity contribution in [2.24, 2.45) is 5.10 Å². The van der Waals surface area contributed by atoms with E-state index in [1.54, 1.807) is 19.2 Å². The van der Waals surface area contributed by atoms with Crippen LogP contribution < -0.4 is 18.9 Å². The number of ether oxygens (including phenoxy) is 4. The van der Waals surface area contributed by atoms with Crippen LogP contribution in [0, 0.1) is 0 Å². The fraction of sp³-hybridized carbons (Fsp3) is 0.208. The van der Waals surface area contributed by atoms with E-state index in [0.717, 1.165) is 22.4 Å². The van der Waals surface area contributed by atoms with E-state index in [9.17, 15) is 5.11 Å². The third kappa shape index (κ3) is 2.77. The summed E-state index contributed by atoms with van der Waals surface area (Å²) in [7, 11) is 1.64. The van der Waals surface area contributed by atoms with Crippen molar-refractivity contribution in [1.82, 2.24) is 5.01 Å². The number of phenolic OH excluding ortho intramolecular Hbond substituents is 1. The van der Waals surface area contributed by atoms with Crippen LogP contribution in [0.4, 0.5) is 0 Å². The summed E-state index contributed by atoms with van der Waals surface area (Å²) in [5, 5.41) is 17.2. The monoisotopic (exact) mass is 416 g/mol. The number of methoxy groups -OCH3 is 1. The molecule has 0 aromatic heterocycles. The number of aromatic hydroxyl groups is 1. The summed E-state index contributed by atoms with van der Waals surface area (Å²) in [5.74, 6) is 3.01. The highest BCUT2D eigenvalue weighted by atomic mass is 16.7. The molecule has 0 spiro atoms. The van der Waals surface area contributed by atoms with Gasteiger partial charge in [-0.2, -0.15) is 5.10 Å². The quantitative estimate of drug-likeness (QED) is 0.684. The van der Waals surface area contributed by atoms with E-state index in [2.05, 4.69) is 0 Å². The zero-order valence-corrected chi connectivity index (χ0v) is 16.8. The number of hydrogen-bond acceptors (Lipinski definition) is 7. The van der Waals surface area contributed by atoms with E-state index in [1.165, 1.54) is 0 Å². The fourth-order valence-corrected chi connectivity index (χ4v) is 4.41. The molecule has 3 aromatic carbocycles. The van der Waals surface area contributed by atoms with E-state index < -0.39 is 6.23 Å².